The number of nitrogens with two attached hydrogens (primary N) is 1. The molecule has 6 nitrogen and oxygen atoms in total. The maximum atomic E-state index is 10.4. The fraction of sp³-hybridized carbons (Fsp3) is 0.235. The summed E-state index contributed by atoms with van der Waals surface area (Å²) in [5, 5.41) is 0.843. The van der Waals surface area contributed by atoms with Crippen LogP contribution >= 0.6 is 11.3 Å². The highest BCUT2D eigenvalue weighted by Crippen LogP contribution is 2.26. The van der Waals surface area contributed by atoms with Crippen LogP contribution in [0.25, 0.3) is 10.2 Å². The van der Waals surface area contributed by atoms with Crippen molar-refractivity contribution in [3.05, 3.63) is 48.0 Å². The molecule has 0 spiro atoms. The summed E-state index contributed by atoms with van der Waals surface area (Å²) in [6.45, 7) is 4.81. The van der Waals surface area contributed by atoms with Crippen LogP contribution in [0.2, 0.25) is 0 Å². The van der Waals surface area contributed by atoms with Gasteiger partial charge in [-0.3, -0.25) is 5.73 Å². The maximum absolute atomic E-state index is 10.4. The molecule has 134 valence electrons. The van der Waals surface area contributed by atoms with E-state index < -0.39 is 10.1 Å². The molecule has 0 amide bonds. The third kappa shape index (κ3) is 4.68. The van der Waals surface area contributed by atoms with Gasteiger partial charge in [-0.25, -0.2) is 13.0 Å². The van der Waals surface area contributed by atoms with Crippen LogP contribution in [-0.2, 0) is 16.7 Å². The molecule has 1 heterocycles. The second-order valence-corrected chi connectivity index (χ2v) is 7.73. The van der Waals surface area contributed by atoms with Gasteiger partial charge >= 0.3 is 5.13 Å². The standard InChI is InChI=1S/C10H12N2OS.C7H8O3S/c1-3-12-8-5-4-7(13-2)6-9(8)14-10(12)11;1-6-2-4-7(5-3-6)11(8,9)10/h4-6,11H,3H2,1-2H3;2-5H,1H3,(H,8,9,10). The highest BCUT2D eigenvalue weighted by Gasteiger charge is 2.13. The van der Waals surface area contributed by atoms with E-state index in [0.29, 0.717) is 0 Å². The topological polar surface area (TPSA) is 96.3 Å². The Morgan fingerprint density at radius 1 is 1.20 bits per heavy atom. The number of nitrogens with zero attached hydrogens (tertiary/aromatic N) is 1. The number of ether oxygens (including phenoxy) is 1. The van der Waals surface area contributed by atoms with Crippen LogP contribution in [0.1, 0.15) is 12.5 Å². The second kappa shape index (κ2) is 7.81. The zero-order chi connectivity index (χ0) is 18.6. The number of aromatic nitrogens is 1. The first-order chi connectivity index (χ1) is 11.8. The van der Waals surface area contributed by atoms with Gasteiger partial charge in [-0.2, -0.15) is 0 Å². The van der Waals surface area contributed by atoms with Crippen LogP contribution in [0.15, 0.2) is 47.4 Å². The Hall–Kier alpha value is -2.16. The van der Waals surface area contributed by atoms with Crippen molar-refractivity contribution in [1.82, 2.24) is 0 Å². The quantitative estimate of drug-likeness (QED) is 0.557. The van der Waals surface area contributed by atoms with Gasteiger partial charge in [-0.1, -0.05) is 17.7 Å². The molecule has 0 saturated heterocycles. The van der Waals surface area contributed by atoms with Gasteiger partial charge in [0, 0.05) is 6.07 Å². The Labute approximate surface area is 151 Å². The fourth-order valence-electron chi connectivity index (χ4n) is 2.24. The molecule has 0 unspecified atom stereocenters. The lowest BCUT2D eigenvalue weighted by molar-refractivity contribution is -0.649. The van der Waals surface area contributed by atoms with E-state index >= 15 is 0 Å². The SMILES string of the molecule is CC[n+]1c(N)sc2cc(OC)ccc21.Cc1ccc(S(=O)(=O)[O-])cc1. The highest BCUT2D eigenvalue weighted by atomic mass is 32.2. The predicted octanol–water partition coefficient (Wildman–Crippen LogP) is 2.70. The molecule has 3 aromatic rings. The number of anilines is 1. The van der Waals surface area contributed by atoms with Crippen LogP contribution < -0.4 is 15.0 Å². The number of aryl methyl sites for hydroxylation is 2. The monoisotopic (exact) mass is 380 g/mol. The molecule has 0 aliphatic carbocycles. The van der Waals surface area contributed by atoms with Crippen LogP contribution in [0, 0.1) is 6.92 Å². The number of methoxy groups -OCH3 is 1. The van der Waals surface area contributed by atoms with E-state index in [0.717, 1.165) is 23.0 Å². The summed E-state index contributed by atoms with van der Waals surface area (Å²) < 4.78 is 39.6. The number of fused-ring (bicyclic) bond motifs is 1. The molecule has 1 aromatic heterocycles. The Kier molecular flexibility index (Phi) is 5.99. The Balaban J connectivity index is 0.000000186. The number of hydrogen-bond acceptors (Lipinski definition) is 6. The minimum absolute atomic E-state index is 0.178. The summed E-state index contributed by atoms with van der Waals surface area (Å²) in [5.74, 6) is 0.877. The molecule has 25 heavy (non-hydrogen) atoms. The first-order valence-electron chi connectivity index (χ1n) is 7.54. The van der Waals surface area contributed by atoms with E-state index in [9.17, 15) is 13.0 Å². The van der Waals surface area contributed by atoms with Crippen molar-refractivity contribution in [1.29, 1.82) is 0 Å². The first kappa shape index (κ1) is 19.2. The lowest BCUT2D eigenvalue weighted by Gasteiger charge is -2.05. The second-order valence-electron chi connectivity index (χ2n) is 5.29. The van der Waals surface area contributed by atoms with Gasteiger partial charge in [-0.15, -0.1) is 0 Å². The van der Waals surface area contributed by atoms with E-state index in [-0.39, 0.29) is 4.90 Å². The molecule has 2 aromatic carbocycles. The van der Waals surface area contributed by atoms with Crippen LogP contribution in [-0.4, -0.2) is 20.1 Å². The van der Waals surface area contributed by atoms with E-state index in [1.807, 2.05) is 25.1 Å². The number of nitrogen functional groups attached to an aromatic ring is 1. The van der Waals surface area contributed by atoms with Crippen molar-refractivity contribution in [3.63, 3.8) is 0 Å². The van der Waals surface area contributed by atoms with Gasteiger partial charge in [0.25, 0.3) is 0 Å². The van der Waals surface area contributed by atoms with Crippen molar-refractivity contribution >= 4 is 36.8 Å². The van der Waals surface area contributed by atoms with Gasteiger partial charge in [0.1, 0.15) is 21.4 Å². The van der Waals surface area contributed by atoms with E-state index in [2.05, 4.69) is 11.5 Å². The molecule has 0 aliphatic rings. The zero-order valence-corrected chi connectivity index (χ0v) is 15.9. The van der Waals surface area contributed by atoms with Crippen LogP contribution in [0.4, 0.5) is 5.13 Å². The van der Waals surface area contributed by atoms with Crippen molar-refractivity contribution < 1.29 is 22.3 Å². The van der Waals surface area contributed by atoms with E-state index in [1.165, 1.54) is 22.3 Å². The molecular weight excluding hydrogens is 360 g/mol. The van der Waals surface area contributed by atoms with Crippen LogP contribution in [0.3, 0.4) is 0 Å². The molecular formula is C17H20N2O4S2. The molecule has 0 fully saturated rings. The summed E-state index contributed by atoms with van der Waals surface area (Å²) in [6.07, 6.45) is 0. The summed E-state index contributed by atoms with van der Waals surface area (Å²) in [7, 11) is -2.60. The Bertz CT molecular complexity index is 964. The minimum Gasteiger partial charge on any atom is -0.744 e. The summed E-state index contributed by atoms with van der Waals surface area (Å²) in [6, 6.07) is 11.8. The molecule has 2 N–H and O–H groups in total. The third-order valence-electron chi connectivity index (χ3n) is 3.56. The van der Waals surface area contributed by atoms with E-state index in [1.54, 1.807) is 30.6 Å². The number of benzene rings is 2. The molecule has 3 rings (SSSR count). The van der Waals surface area contributed by atoms with Gasteiger partial charge in [0.15, 0.2) is 0 Å². The fourth-order valence-corrected chi connectivity index (χ4v) is 3.73. The smallest absolute Gasteiger partial charge is 0.332 e. The molecule has 8 heteroatoms. The largest absolute Gasteiger partial charge is 0.744 e. The summed E-state index contributed by atoms with van der Waals surface area (Å²) in [4.78, 5) is -0.178. The minimum atomic E-state index is -4.27. The molecule has 0 saturated carbocycles. The highest BCUT2D eigenvalue weighted by molar-refractivity contribution is 7.85. The average Bonchev–Trinajstić information content (AvgIpc) is 2.88. The third-order valence-corrected chi connectivity index (χ3v) is 5.39. The number of thiazole rings is 1. The van der Waals surface area contributed by atoms with E-state index in [4.69, 9.17) is 10.5 Å². The van der Waals surface area contributed by atoms with Crippen LogP contribution in [0.5, 0.6) is 5.75 Å². The average molecular weight is 380 g/mol. The molecule has 0 aliphatic heterocycles. The Morgan fingerprint density at radius 3 is 2.36 bits per heavy atom. The first-order valence-corrected chi connectivity index (χ1v) is 9.77. The lowest BCUT2D eigenvalue weighted by atomic mass is 10.2. The number of hydrogen-bond donors (Lipinski definition) is 1. The summed E-state index contributed by atoms with van der Waals surface area (Å²) in [5.41, 5.74) is 8.00. The Morgan fingerprint density at radius 2 is 1.84 bits per heavy atom. The zero-order valence-electron chi connectivity index (χ0n) is 14.2. The van der Waals surface area contributed by atoms with Gasteiger partial charge in [0.2, 0.25) is 0 Å². The van der Waals surface area contributed by atoms with Gasteiger partial charge in [-0.05, 0) is 49.4 Å². The summed E-state index contributed by atoms with van der Waals surface area (Å²) >= 11 is 1.59. The van der Waals surface area contributed by atoms with Crippen molar-refractivity contribution in [2.24, 2.45) is 0 Å². The molecule has 0 radical (unpaired) electrons. The maximum Gasteiger partial charge on any atom is 0.332 e. The normalized spacial score (nSPS) is 11.0. The van der Waals surface area contributed by atoms with Crippen molar-refractivity contribution in [2.75, 3.05) is 12.8 Å². The van der Waals surface area contributed by atoms with Crippen molar-refractivity contribution in [3.8, 4) is 5.75 Å². The molecule has 0 atom stereocenters. The molecule has 0 bridgehead atoms. The van der Waals surface area contributed by atoms with Gasteiger partial charge < -0.3 is 9.29 Å². The van der Waals surface area contributed by atoms with Gasteiger partial charge in [0.05, 0.1) is 23.2 Å². The number of rotatable bonds is 3. The predicted molar refractivity (Wildman–Crippen MR) is 97.8 cm³/mol. The van der Waals surface area contributed by atoms with Crippen molar-refractivity contribution in [2.45, 2.75) is 25.3 Å². The lowest BCUT2D eigenvalue weighted by Crippen LogP contribution is -2.33.